The van der Waals surface area contributed by atoms with E-state index in [-0.39, 0.29) is 0 Å². The van der Waals surface area contributed by atoms with Gasteiger partial charge in [-0.25, -0.2) is 4.57 Å². The normalized spacial score (nSPS) is 10.2. The molecule has 0 atom stereocenters. The van der Waals surface area contributed by atoms with Gasteiger partial charge in [0.1, 0.15) is 0 Å². The van der Waals surface area contributed by atoms with E-state index in [0.29, 0.717) is 0 Å². The van der Waals surface area contributed by atoms with Crippen LogP contribution in [0.25, 0.3) is 0 Å². The van der Waals surface area contributed by atoms with Gasteiger partial charge in [-0.15, -0.1) is 0 Å². The monoisotopic (exact) mass is 269 g/mol. The second-order valence-corrected chi connectivity index (χ2v) is 4.01. The smallest absolute Gasteiger partial charge is 0.399 e. The van der Waals surface area contributed by atoms with Crippen LogP contribution in [-0.2, 0) is 4.57 Å². The first-order valence-corrected chi connectivity index (χ1v) is 5.44. The number of halogens is 1. The van der Waals surface area contributed by atoms with Crippen LogP contribution < -0.4 is 5.73 Å². The van der Waals surface area contributed by atoms with Crippen molar-refractivity contribution in [3.05, 3.63) is 28.7 Å². The van der Waals surface area contributed by atoms with Gasteiger partial charge in [-0.05, 0) is 24.3 Å². The number of phosphoric acid groups is 1. The highest BCUT2D eigenvalue weighted by atomic mass is 79.9. The molecule has 5 N–H and O–H groups in total. The fourth-order valence-corrected chi connectivity index (χ4v) is 0.727. The minimum atomic E-state index is -4.64. The molecule has 1 rings (SSSR count). The molecule has 7 heteroatoms. The average Bonchev–Trinajstić information content (AvgIpc) is 1.92. The van der Waals surface area contributed by atoms with Gasteiger partial charge >= 0.3 is 7.82 Å². The molecule has 0 radical (unpaired) electrons. The number of benzene rings is 1. The molecule has 0 aromatic heterocycles. The zero-order chi connectivity index (χ0) is 10.5. The van der Waals surface area contributed by atoms with Gasteiger partial charge in [0.05, 0.1) is 0 Å². The van der Waals surface area contributed by atoms with Crippen LogP contribution in [0.4, 0.5) is 5.69 Å². The Bertz CT molecular complexity index is 267. The Morgan fingerprint density at radius 1 is 1.15 bits per heavy atom. The standard InChI is InChI=1S/C6H6BrN.H3O4P/c7-5-1-3-6(8)4-2-5;1-5(2,3)4/h1-4H,8H2;(H3,1,2,3,4). The van der Waals surface area contributed by atoms with Gasteiger partial charge in [-0.1, -0.05) is 15.9 Å². The van der Waals surface area contributed by atoms with Crippen molar-refractivity contribution in [2.24, 2.45) is 0 Å². The highest BCUT2D eigenvalue weighted by Gasteiger charge is 2.00. The van der Waals surface area contributed by atoms with Gasteiger partial charge in [-0.3, -0.25) is 0 Å². The molecular formula is C6H9BrNO4P. The average molecular weight is 270 g/mol. The van der Waals surface area contributed by atoms with E-state index in [9.17, 15) is 0 Å². The van der Waals surface area contributed by atoms with Gasteiger partial charge < -0.3 is 20.4 Å². The summed E-state index contributed by atoms with van der Waals surface area (Å²) in [6, 6.07) is 7.53. The fraction of sp³-hybridized carbons (Fsp3) is 0. The maximum absolute atomic E-state index is 8.88. The third-order valence-electron chi connectivity index (χ3n) is 0.870. The molecule has 0 saturated heterocycles. The van der Waals surface area contributed by atoms with Crippen LogP contribution in [0.1, 0.15) is 0 Å². The predicted octanol–water partition coefficient (Wildman–Crippen LogP) is 1.10. The molecular weight excluding hydrogens is 261 g/mol. The Morgan fingerprint density at radius 2 is 1.46 bits per heavy atom. The molecule has 74 valence electrons. The Hall–Kier alpha value is -0.390. The highest BCUT2D eigenvalue weighted by Crippen LogP contribution is 2.25. The number of nitrogen functional groups attached to an aromatic ring is 1. The number of rotatable bonds is 0. The van der Waals surface area contributed by atoms with E-state index in [0.717, 1.165) is 10.2 Å². The molecule has 0 heterocycles. The molecule has 5 nitrogen and oxygen atoms in total. The minimum absolute atomic E-state index is 0.799. The van der Waals surface area contributed by atoms with E-state index < -0.39 is 7.82 Å². The maximum atomic E-state index is 8.88. The van der Waals surface area contributed by atoms with E-state index >= 15 is 0 Å². The van der Waals surface area contributed by atoms with Crippen molar-refractivity contribution in [3.63, 3.8) is 0 Å². The number of anilines is 1. The van der Waals surface area contributed by atoms with E-state index in [2.05, 4.69) is 15.9 Å². The molecule has 0 amide bonds. The van der Waals surface area contributed by atoms with Gasteiger partial charge in [0.2, 0.25) is 0 Å². The number of hydrogen-bond acceptors (Lipinski definition) is 2. The van der Waals surface area contributed by atoms with Gasteiger partial charge in [0.25, 0.3) is 0 Å². The molecule has 0 unspecified atom stereocenters. The summed E-state index contributed by atoms with van der Waals surface area (Å²) in [6.45, 7) is 0. The second kappa shape index (κ2) is 5.36. The van der Waals surface area contributed by atoms with Crippen LogP contribution in [-0.4, -0.2) is 14.7 Å². The first kappa shape index (κ1) is 12.6. The molecule has 0 bridgehead atoms. The maximum Gasteiger partial charge on any atom is 0.466 e. The lowest BCUT2D eigenvalue weighted by Gasteiger charge is -1.88. The predicted molar refractivity (Wildman–Crippen MR) is 52.8 cm³/mol. The minimum Gasteiger partial charge on any atom is -0.399 e. The van der Waals surface area contributed by atoms with Gasteiger partial charge in [0, 0.05) is 10.2 Å². The van der Waals surface area contributed by atoms with Crippen molar-refractivity contribution in [1.29, 1.82) is 0 Å². The zero-order valence-corrected chi connectivity index (χ0v) is 8.94. The summed E-state index contributed by atoms with van der Waals surface area (Å²) in [6.07, 6.45) is 0. The fourth-order valence-electron chi connectivity index (χ4n) is 0.463. The molecule has 0 aliphatic rings. The summed E-state index contributed by atoms with van der Waals surface area (Å²) >= 11 is 3.29. The summed E-state index contributed by atoms with van der Waals surface area (Å²) in [5, 5.41) is 0. The molecule has 0 aliphatic heterocycles. The van der Waals surface area contributed by atoms with Crippen molar-refractivity contribution in [1.82, 2.24) is 0 Å². The van der Waals surface area contributed by atoms with E-state index in [1.165, 1.54) is 0 Å². The lowest BCUT2D eigenvalue weighted by atomic mass is 10.3. The first-order valence-electron chi connectivity index (χ1n) is 3.08. The molecule has 1 aromatic carbocycles. The molecule has 13 heavy (non-hydrogen) atoms. The van der Waals surface area contributed by atoms with Crippen LogP contribution in [0, 0.1) is 0 Å². The van der Waals surface area contributed by atoms with Crippen LogP contribution in [0.3, 0.4) is 0 Å². The summed E-state index contributed by atoms with van der Waals surface area (Å²) in [5.41, 5.74) is 6.21. The van der Waals surface area contributed by atoms with Gasteiger partial charge in [0.15, 0.2) is 0 Å². The second-order valence-electron chi connectivity index (χ2n) is 2.06. The highest BCUT2D eigenvalue weighted by molar-refractivity contribution is 9.10. The van der Waals surface area contributed by atoms with Gasteiger partial charge in [-0.2, -0.15) is 0 Å². The van der Waals surface area contributed by atoms with E-state index in [1.54, 1.807) is 0 Å². The first-order chi connectivity index (χ1) is 5.79. The van der Waals surface area contributed by atoms with E-state index in [1.807, 2.05) is 24.3 Å². The summed E-state index contributed by atoms with van der Waals surface area (Å²) in [5.74, 6) is 0. The van der Waals surface area contributed by atoms with Crippen molar-refractivity contribution >= 4 is 29.4 Å². The van der Waals surface area contributed by atoms with Crippen LogP contribution >= 0.6 is 23.8 Å². The van der Waals surface area contributed by atoms with Crippen molar-refractivity contribution in [2.45, 2.75) is 0 Å². The zero-order valence-electron chi connectivity index (χ0n) is 6.46. The Balaban J connectivity index is 0.000000252. The van der Waals surface area contributed by atoms with Crippen LogP contribution in [0.15, 0.2) is 28.7 Å². The molecule has 0 spiro atoms. The van der Waals surface area contributed by atoms with Crippen LogP contribution in [0.5, 0.6) is 0 Å². The topological polar surface area (TPSA) is 104 Å². The largest absolute Gasteiger partial charge is 0.466 e. The summed E-state index contributed by atoms with van der Waals surface area (Å²) in [7, 11) is -4.64. The van der Waals surface area contributed by atoms with Crippen molar-refractivity contribution < 1.29 is 19.2 Å². The lowest BCUT2D eigenvalue weighted by molar-refractivity contribution is 0.275. The SMILES string of the molecule is Nc1ccc(Br)cc1.O=P(O)(O)O. The third-order valence-corrected chi connectivity index (χ3v) is 1.40. The number of nitrogens with two attached hydrogens (primary N) is 1. The number of hydrogen-bond donors (Lipinski definition) is 4. The Morgan fingerprint density at radius 3 is 1.69 bits per heavy atom. The molecule has 1 aromatic rings. The molecule has 0 fully saturated rings. The van der Waals surface area contributed by atoms with Crippen LogP contribution in [0.2, 0.25) is 0 Å². The Labute approximate surface area is 83.6 Å². The summed E-state index contributed by atoms with van der Waals surface area (Å²) in [4.78, 5) is 21.6. The quantitative estimate of drug-likeness (QED) is 0.417. The molecule has 0 aliphatic carbocycles. The third kappa shape index (κ3) is 11.6. The van der Waals surface area contributed by atoms with Crippen molar-refractivity contribution in [2.75, 3.05) is 5.73 Å². The molecule has 0 saturated carbocycles. The lowest BCUT2D eigenvalue weighted by Crippen LogP contribution is -1.80. The van der Waals surface area contributed by atoms with Crippen molar-refractivity contribution in [3.8, 4) is 0 Å². The summed E-state index contributed by atoms with van der Waals surface area (Å²) < 4.78 is 9.94. The van der Waals surface area contributed by atoms with E-state index in [4.69, 9.17) is 25.0 Å². The Kier molecular flexibility index (Phi) is 5.20.